The van der Waals surface area contributed by atoms with Crippen molar-refractivity contribution in [2.24, 2.45) is 0 Å². The predicted molar refractivity (Wildman–Crippen MR) is 113 cm³/mol. The van der Waals surface area contributed by atoms with Crippen molar-refractivity contribution in [1.82, 2.24) is 14.3 Å². The molecule has 0 saturated heterocycles. The summed E-state index contributed by atoms with van der Waals surface area (Å²) in [5, 5.41) is 5.95. The van der Waals surface area contributed by atoms with Gasteiger partial charge in [-0.3, -0.25) is 4.79 Å². The average Bonchev–Trinajstić information content (AvgIpc) is 3.00. The van der Waals surface area contributed by atoms with E-state index >= 15 is 0 Å². The zero-order valence-corrected chi connectivity index (χ0v) is 17.0. The van der Waals surface area contributed by atoms with E-state index < -0.39 is 0 Å². The summed E-state index contributed by atoms with van der Waals surface area (Å²) >= 11 is 0. The molecule has 0 N–H and O–H groups in total. The molecule has 2 heterocycles. The van der Waals surface area contributed by atoms with Crippen molar-refractivity contribution in [2.45, 2.75) is 20.5 Å². The smallest absolute Gasteiger partial charge is 0.281 e. The van der Waals surface area contributed by atoms with Crippen molar-refractivity contribution >= 4 is 10.8 Å². The van der Waals surface area contributed by atoms with Gasteiger partial charge in [0.15, 0.2) is 0 Å². The molecule has 29 heavy (non-hydrogen) atoms. The summed E-state index contributed by atoms with van der Waals surface area (Å²) in [6.07, 6.45) is 1.76. The normalized spacial score (nSPS) is 11.2. The summed E-state index contributed by atoms with van der Waals surface area (Å²) in [4.78, 5) is 13.3. The average molecular weight is 389 g/mol. The highest BCUT2D eigenvalue weighted by atomic mass is 16.5. The second-order valence-corrected chi connectivity index (χ2v) is 6.96. The van der Waals surface area contributed by atoms with Gasteiger partial charge in [-0.15, -0.1) is 0 Å². The van der Waals surface area contributed by atoms with Crippen LogP contribution in [0.5, 0.6) is 5.75 Å². The lowest BCUT2D eigenvalue weighted by Crippen LogP contribution is -2.21. The Balaban J connectivity index is 1.89. The van der Waals surface area contributed by atoms with Crippen LogP contribution >= 0.6 is 0 Å². The summed E-state index contributed by atoms with van der Waals surface area (Å²) < 4.78 is 14.0. The highest BCUT2D eigenvalue weighted by molar-refractivity contribution is 5.88. The van der Waals surface area contributed by atoms with Gasteiger partial charge in [0.25, 0.3) is 5.56 Å². The maximum atomic E-state index is 13.3. The van der Waals surface area contributed by atoms with E-state index in [4.69, 9.17) is 9.47 Å². The maximum absolute atomic E-state index is 13.3. The third-order valence-corrected chi connectivity index (χ3v) is 5.20. The quantitative estimate of drug-likeness (QED) is 0.519. The number of ether oxygens (including phenoxy) is 2. The molecule has 0 saturated carbocycles. The first-order chi connectivity index (χ1) is 14.0. The Morgan fingerprint density at radius 1 is 0.966 bits per heavy atom. The van der Waals surface area contributed by atoms with Gasteiger partial charge in [0, 0.05) is 35.6 Å². The Kier molecular flexibility index (Phi) is 4.94. The molecule has 2 aromatic heterocycles. The Hall–Kier alpha value is -3.38. The molecule has 0 aliphatic rings. The molecule has 2 aromatic carbocycles. The van der Waals surface area contributed by atoms with E-state index in [0.29, 0.717) is 12.0 Å². The molecule has 0 bridgehead atoms. The molecule has 6 heteroatoms. The van der Waals surface area contributed by atoms with Crippen LogP contribution in [-0.2, 0) is 11.3 Å². The molecule has 6 nitrogen and oxygen atoms in total. The summed E-state index contributed by atoms with van der Waals surface area (Å²) in [5.41, 5.74) is 4.43. The molecular weight excluding hydrogens is 366 g/mol. The second kappa shape index (κ2) is 7.56. The highest BCUT2D eigenvalue weighted by Gasteiger charge is 2.18. The Bertz CT molecular complexity index is 1240. The number of benzene rings is 2. The molecule has 4 aromatic rings. The SMILES string of the molecule is COCc1ccc(-n2ncc3c(C)n(-c4cccc(OC)c4)c(C)c3c2=O)cc1. The van der Waals surface area contributed by atoms with Crippen LogP contribution in [0.2, 0.25) is 0 Å². The first-order valence-corrected chi connectivity index (χ1v) is 9.37. The number of methoxy groups -OCH3 is 2. The van der Waals surface area contributed by atoms with E-state index in [1.807, 2.05) is 62.4 Å². The van der Waals surface area contributed by atoms with Crippen molar-refractivity contribution in [3.63, 3.8) is 0 Å². The van der Waals surface area contributed by atoms with Gasteiger partial charge in [-0.2, -0.15) is 9.78 Å². The molecule has 0 radical (unpaired) electrons. The first-order valence-electron chi connectivity index (χ1n) is 9.37. The predicted octanol–water partition coefficient (Wildman–Crippen LogP) is 3.95. The minimum atomic E-state index is -0.135. The standard InChI is InChI=1S/C23H23N3O3/c1-15-21-13-24-26(18-10-8-17(9-11-18)14-28-3)23(27)22(21)16(2)25(15)19-6-5-7-20(12-19)29-4/h5-13H,14H2,1-4H3. The zero-order valence-electron chi connectivity index (χ0n) is 17.0. The van der Waals surface area contributed by atoms with Crippen LogP contribution in [-0.4, -0.2) is 28.6 Å². The lowest BCUT2D eigenvalue weighted by Gasteiger charge is -2.10. The van der Waals surface area contributed by atoms with Gasteiger partial charge in [0.05, 0.1) is 31.0 Å². The van der Waals surface area contributed by atoms with Crippen molar-refractivity contribution in [1.29, 1.82) is 0 Å². The van der Waals surface area contributed by atoms with Crippen LogP contribution in [0.25, 0.3) is 22.1 Å². The Labute approximate surface area is 168 Å². The third-order valence-electron chi connectivity index (χ3n) is 5.20. The van der Waals surface area contributed by atoms with Gasteiger partial charge in [-0.05, 0) is 43.7 Å². The summed E-state index contributed by atoms with van der Waals surface area (Å²) in [6.45, 7) is 4.49. The maximum Gasteiger partial charge on any atom is 0.281 e. The molecule has 0 amide bonds. The van der Waals surface area contributed by atoms with Gasteiger partial charge in [-0.25, -0.2) is 0 Å². The van der Waals surface area contributed by atoms with Gasteiger partial charge in [-0.1, -0.05) is 18.2 Å². The summed E-state index contributed by atoms with van der Waals surface area (Å²) in [5.74, 6) is 0.769. The van der Waals surface area contributed by atoms with Gasteiger partial charge in [0.2, 0.25) is 0 Å². The lowest BCUT2D eigenvalue weighted by molar-refractivity contribution is 0.185. The topological polar surface area (TPSA) is 58.3 Å². The molecule has 0 aliphatic heterocycles. The summed E-state index contributed by atoms with van der Waals surface area (Å²) in [6, 6.07) is 15.5. The molecule has 0 aliphatic carbocycles. The molecule has 0 spiro atoms. The van der Waals surface area contributed by atoms with Crippen molar-refractivity contribution in [2.75, 3.05) is 14.2 Å². The number of rotatable bonds is 5. The summed E-state index contributed by atoms with van der Waals surface area (Å²) in [7, 11) is 3.30. The molecular formula is C23H23N3O3. The van der Waals surface area contributed by atoms with E-state index in [9.17, 15) is 4.79 Å². The molecule has 0 unspecified atom stereocenters. The van der Waals surface area contributed by atoms with Crippen LogP contribution in [0.1, 0.15) is 17.0 Å². The fourth-order valence-corrected chi connectivity index (χ4v) is 3.78. The van der Waals surface area contributed by atoms with Crippen LogP contribution < -0.4 is 10.3 Å². The number of aryl methyl sites for hydroxylation is 2. The van der Waals surface area contributed by atoms with E-state index in [2.05, 4.69) is 9.67 Å². The number of hydrogen-bond donors (Lipinski definition) is 0. The number of nitrogens with zero attached hydrogens (tertiary/aromatic N) is 3. The van der Waals surface area contributed by atoms with Crippen LogP contribution in [0, 0.1) is 13.8 Å². The zero-order chi connectivity index (χ0) is 20.5. The Morgan fingerprint density at radius 3 is 2.41 bits per heavy atom. The van der Waals surface area contributed by atoms with Gasteiger partial charge >= 0.3 is 0 Å². The number of fused-ring (bicyclic) bond motifs is 1. The Morgan fingerprint density at radius 2 is 1.72 bits per heavy atom. The molecule has 0 fully saturated rings. The van der Waals surface area contributed by atoms with Crippen LogP contribution in [0.3, 0.4) is 0 Å². The molecule has 4 rings (SSSR count). The number of aromatic nitrogens is 3. The van der Waals surface area contributed by atoms with Gasteiger partial charge in [0.1, 0.15) is 5.75 Å². The fraction of sp³-hybridized carbons (Fsp3) is 0.217. The first kappa shape index (κ1) is 19.0. The van der Waals surface area contributed by atoms with Crippen molar-refractivity contribution < 1.29 is 9.47 Å². The van der Waals surface area contributed by atoms with E-state index in [1.165, 1.54) is 4.68 Å². The highest BCUT2D eigenvalue weighted by Crippen LogP contribution is 2.27. The largest absolute Gasteiger partial charge is 0.497 e. The van der Waals surface area contributed by atoms with E-state index in [-0.39, 0.29) is 5.56 Å². The van der Waals surface area contributed by atoms with E-state index in [0.717, 1.165) is 39.5 Å². The van der Waals surface area contributed by atoms with Crippen LogP contribution in [0.4, 0.5) is 0 Å². The molecule has 148 valence electrons. The van der Waals surface area contributed by atoms with Crippen LogP contribution in [0.15, 0.2) is 59.5 Å². The van der Waals surface area contributed by atoms with Gasteiger partial charge < -0.3 is 14.0 Å². The minimum absolute atomic E-state index is 0.135. The van der Waals surface area contributed by atoms with Crippen molar-refractivity contribution in [3.05, 3.63) is 82.0 Å². The van der Waals surface area contributed by atoms with Crippen molar-refractivity contribution in [3.8, 4) is 17.1 Å². The minimum Gasteiger partial charge on any atom is -0.497 e. The lowest BCUT2D eigenvalue weighted by atomic mass is 10.2. The second-order valence-electron chi connectivity index (χ2n) is 6.96. The third kappa shape index (κ3) is 3.21. The van der Waals surface area contributed by atoms with E-state index in [1.54, 1.807) is 20.4 Å². The number of hydrogen-bond acceptors (Lipinski definition) is 4. The molecule has 0 atom stereocenters. The monoisotopic (exact) mass is 389 g/mol. The fourth-order valence-electron chi connectivity index (χ4n) is 3.78.